The van der Waals surface area contributed by atoms with Gasteiger partial charge in [-0.2, -0.15) is 0 Å². The summed E-state index contributed by atoms with van der Waals surface area (Å²) >= 11 is 0. The van der Waals surface area contributed by atoms with Crippen molar-refractivity contribution in [3.63, 3.8) is 0 Å². The van der Waals surface area contributed by atoms with E-state index in [0.29, 0.717) is 35.5 Å². The fourth-order valence-electron chi connectivity index (χ4n) is 6.37. The van der Waals surface area contributed by atoms with Crippen molar-refractivity contribution in [2.45, 2.75) is 204 Å². The fraction of sp³-hybridized carbons (Fsp3) is 0.576. The maximum absolute atomic E-state index is 11.5. The molecule has 4 atom stereocenters. The molecule has 13 nitrogen and oxygen atoms in total. The molecule has 4 aromatic rings. The van der Waals surface area contributed by atoms with Gasteiger partial charge in [0.05, 0.1) is 17.6 Å². The second-order valence-corrected chi connectivity index (χ2v) is 37.3. The predicted octanol–water partition coefficient (Wildman–Crippen LogP) is 8.70. The van der Waals surface area contributed by atoms with E-state index in [-0.39, 0.29) is 27.4 Å². The average molecular weight is 1160 g/mol. The van der Waals surface area contributed by atoms with E-state index in [1.54, 1.807) is 31.4 Å². The molecule has 77 heavy (non-hydrogen) atoms. The Hall–Kier alpha value is -3.01. The molecule has 10 N–H and O–H groups in total. The summed E-state index contributed by atoms with van der Waals surface area (Å²) in [4.78, 5) is 104. The maximum Gasteiger partial charge on any atom is 0.528 e. The molecule has 0 aliphatic carbocycles. The van der Waals surface area contributed by atoms with Gasteiger partial charge in [0.1, 0.15) is 0 Å². The molecule has 0 aliphatic rings. The normalized spacial score (nSPS) is 13.6. The third-order valence-corrected chi connectivity index (χ3v) is 20.6. The fourth-order valence-corrected chi connectivity index (χ4v) is 10.4. The topological polar surface area (TPSA) is 238 Å². The molecule has 0 saturated carbocycles. The highest BCUT2D eigenvalue weighted by Crippen LogP contribution is 2.23. The van der Waals surface area contributed by atoms with E-state index in [4.69, 9.17) is 38.2 Å². The van der Waals surface area contributed by atoms with Crippen LogP contribution in [0.3, 0.4) is 0 Å². The number of methoxy groups -OCH3 is 1. The molecule has 0 fully saturated rings. The molecule has 0 amide bonds. The van der Waals surface area contributed by atoms with E-state index in [2.05, 4.69) is 79.7 Å². The van der Waals surface area contributed by atoms with Gasteiger partial charge >= 0.3 is 32.1 Å². The van der Waals surface area contributed by atoms with Crippen LogP contribution in [0, 0.1) is 5.41 Å². The first-order valence-electron chi connectivity index (χ1n) is 27.4. The lowest BCUT2D eigenvalue weighted by Gasteiger charge is -2.20. The van der Waals surface area contributed by atoms with Gasteiger partial charge in [0.2, 0.25) is 8.32 Å². The van der Waals surface area contributed by atoms with Crippen molar-refractivity contribution >= 4 is 69.5 Å². The van der Waals surface area contributed by atoms with E-state index in [0.717, 1.165) is 54.5 Å². The standard InChI is InChI=1S/C12H20OSi.C11H24O3Si.C11H18O2Si.2C10H16O3Si.C5H12O/c1-5-10(2)11-6-8-12(9-7-11)14(3,4)13;1-6-11(2,3)10(12)14-8-7-9-15(4,5)13;1-4-9(2)10-5-7-11(8-6-10)14(3,12)13;2*1-3-8(2)9-4-6-10(7-5-9)14(11,12)13;1-5(2,3)6-4/h6-10,13H,5H2,1-4H3;13H,6-9H2,1-5H3;5-9,12-13H,4H2,1-3H3;2*4-8,11-13H,3H2,1-2H3;1-4H3. The minimum absolute atomic E-state index is 0.0417. The van der Waals surface area contributed by atoms with Gasteiger partial charge in [0.25, 0.3) is 0 Å². The summed E-state index contributed by atoms with van der Waals surface area (Å²) in [5, 5.41) is 2.24. The summed E-state index contributed by atoms with van der Waals surface area (Å²) in [6.45, 7) is 38.6. The van der Waals surface area contributed by atoms with Gasteiger partial charge in [-0.05, 0) is 168 Å². The SMILES string of the molecule is CCC(C)(C)C(=O)OCCC[Si](C)(C)O.CCC(C)c1ccc([Si](C)(C)O)cc1.CCC(C)c1ccc([Si](C)(O)O)cc1.CCC(C)c1ccc([Si](O)(O)O)cc1.CCC(C)c1ccc([Si](O)(O)O)cc1.COC(C)(C)C. The minimum atomic E-state index is -4.10. The summed E-state index contributed by atoms with van der Waals surface area (Å²) in [6.07, 6.45) is 5.90. The number of carbonyl (C=O) groups excluding carboxylic acids is 1. The minimum Gasteiger partial charge on any atom is -0.465 e. The zero-order valence-electron chi connectivity index (χ0n) is 50.9. The van der Waals surface area contributed by atoms with Gasteiger partial charge in [-0.1, -0.05) is 159 Å². The molecule has 0 spiro atoms. The van der Waals surface area contributed by atoms with Crippen LogP contribution in [-0.2, 0) is 14.3 Å². The molecule has 4 aromatic carbocycles. The molecular formula is C59H106O13Si5. The highest BCUT2D eigenvalue weighted by molar-refractivity contribution is 6.83. The first kappa shape index (κ1) is 76.1. The average Bonchev–Trinajstić information content (AvgIpc) is 3.36. The van der Waals surface area contributed by atoms with Gasteiger partial charge in [-0.25, -0.2) is 0 Å². The smallest absolute Gasteiger partial charge is 0.465 e. The van der Waals surface area contributed by atoms with Gasteiger partial charge in [0, 0.05) is 17.5 Å². The zero-order chi connectivity index (χ0) is 60.4. The molecule has 18 heteroatoms. The second-order valence-electron chi connectivity index (χ2n) is 23.2. The quantitative estimate of drug-likeness (QED) is 0.0255. The number of rotatable bonds is 18. The Bertz CT molecular complexity index is 1910. The van der Waals surface area contributed by atoms with Crippen LogP contribution in [-0.4, -0.2) is 116 Å². The van der Waals surface area contributed by atoms with Gasteiger partial charge in [0.15, 0.2) is 8.32 Å². The second kappa shape index (κ2) is 35.0. The van der Waals surface area contributed by atoms with Crippen LogP contribution in [0.5, 0.6) is 0 Å². The van der Waals surface area contributed by atoms with Crippen molar-refractivity contribution in [2.24, 2.45) is 5.41 Å². The number of benzene rings is 4. The number of ether oxygens (including phenoxy) is 2. The van der Waals surface area contributed by atoms with E-state index < -0.39 is 42.8 Å². The molecule has 4 rings (SSSR count). The molecule has 440 valence electrons. The van der Waals surface area contributed by atoms with E-state index in [1.807, 2.05) is 116 Å². The third-order valence-electron chi connectivity index (χ3n) is 13.6. The lowest BCUT2D eigenvalue weighted by molar-refractivity contribution is -0.154. The largest absolute Gasteiger partial charge is 0.528 e. The lowest BCUT2D eigenvalue weighted by atomic mass is 9.91. The van der Waals surface area contributed by atoms with Crippen molar-refractivity contribution < 1.29 is 62.2 Å². The highest BCUT2D eigenvalue weighted by Gasteiger charge is 2.31. The lowest BCUT2D eigenvalue weighted by Crippen LogP contribution is -2.48. The summed E-state index contributed by atoms with van der Waals surface area (Å²) in [7, 11) is -13.7. The number of hydrogen-bond donors (Lipinski definition) is 10. The zero-order valence-corrected chi connectivity index (χ0v) is 55.9. The predicted molar refractivity (Wildman–Crippen MR) is 331 cm³/mol. The first-order chi connectivity index (χ1) is 35.0. The van der Waals surface area contributed by atoms with Crippen molar-refractivity contribution in [3.8, 4) is 0 Å². The monoisotopic (exact) mass is 1160 g/mol. The Morgan fingerprint density at radius 3 is 0.922 bits per heavy atom. The molecule has 0 aliphatic heterocycles. The van der Waals surface area contributed by atoms with Gasteiger partial charge in [-0.3, -0.25) is 4.79 Å². The van der Waals surface area contributed by atoms with Crippen LogP contribution < -0.4 is 20.7 Å². The summed E-state index contributed by atoms with van der Waals surface area (Å²) in [6, 6.07) is 30.5. The van der Waals surface area contributed by atoms with Crippen molar-refractivity contribution in [2.75, 3.05) is 13.7 Å². The number of esters is 1. The Labute approximate surface area is 471 Å². The molecule has 4 unspecified atom stereocenters. The Morgan fingerprint density at radius 2 is 0.727 bits per heavy atom. The molecular weight excluding hydrogens is 1060 g/mol. The number of hydrogen-bond acceptors (Lipinski definition) is 13. The summed E-state index contributed by atoms with van der Waals surface area (Å²) in [5.74, 6) is 1.93. The summed E-state index contributed by atoms with van der Waals surface area (Å²) < 4.78 is 10.1. The van der Waals surface area contributed by atoms with Gasteiger partial charge < -0.3 is 57.4 Å². The van der Waals surface area contributed by atoms with Crippen LogP contribution in [0.1, 0.15) is 181 Å². The first-order valence-corrected chi connectivity index (χ1v) is 39.6. The van der Waals surface area contributed by atoms with Crippen LogP contribution in [0.25, 0.3) is 0 Å². The molecule has 0 aromatic heterocycles. The summed E-state index contributed by atoms with van der Waals surface area (Å²) in [5.41, 5.74) is 4.58. The Balaban J connectivity index is 0. The molecule has 0 saturated heterocycles. The van der Waals surface area contributed by atoms with E-state index in [9.17, 15) is 24.0 Å². The Morgan fingerprint density at radius 1 is 0.468 bits per heavy atom. The van der Waals surface area contributed by atoms with Crippen molar-refractivity contribution in [1.82, 2.24) is 0 Å². The Kier molecular flexibility index (Phi) is 34.6. The molecule has 0 heterocycles. The van der Waals surface area contributed by atoms with E-state index >= 15 is 0 Å². The van der Waals surface area contributed by atoms with Gasteiger partial charge in [-0.15, -0.1) is 0 Å². The third kappa shape index (κ3) is 33.4. The number of carbonyl (C=O) groups is 1. The van der Waals surface area contributed by atoms with Crippen molar-refractivity contribution in [1.29, 1.82) is 0 Å². The molecule has 0 radical (unpaired) electrons. The van der Waals surface area contributed by atoms with Crippen molar-refractivity contribution in [3.05, 3.63) is 119 Å². The van der Waals surface area contributed by atoms with Crippen LogP contribution in [0.4, 0.5) is 0 Å². The maximum atomic E-state index is 11.5. The van der Waals surface area contributed by atoms with Crippen LogP contribution in [0.15, 0.2) is 97.1 Å². The highest BCUT2D eigenvalue weighted by atomic mass is 28.4. The van der Waals surface area contributed by atoms with Crippen LogP contribution >= 0.6 is 0 Å². The van der Waals surface area contributed by atoms with E-state index in [1.165, 1.54) is 24.1 Å². The molecule has 0 bridgehead atoms. The van der Waals surface area contributed by atoms with Crippen LogP contribution in [0.2, 0.25) is 38.8 Å².